The number of oxime groups is 1. The quantitative estimate of drug-likeness (QED) is 0.404. The first-order valence-electron chi connectivity index (χ1n) is 5.28. The number of aromatic nitrogens is 2. The predicted molar refractivity (Wildman–Crippen MR) is 69.3 cm³/mol. The van der Waals surface area contributed by atoms with E-state index in [2.05, 4.69) is 15.0 Å². The molecule has 0 fully saturated rings. The summed E-state index contributed by atoms with van der Waals surface area (Å²) >= 11 is 6.13. The molecule has 0 bridgehead atoms. The Labute approximate surface area is 113 Å². The zero-order valence-corrected chi connectivity index (χ0v) is 10.7. The summed E-state index contributed by atoms with van der Waals surface area (Å²) < 4.78 is 5.98. The molecule has 0 amide bonds. The molecule has 98 valence electrons. The van der Waals surface area contributed by atoms with Crippen LogP contribution in [-0.4, -0.2) is 34.3 Å². The fourth-order valence-electron chi connectivity index (χ4n) is 1.57. The van der Waals surface area contributed by atoms with Gasteiger partial charge >= 0.3 is 5.97 Å². The molecule has 0 spiro atoms. The Morgan fingerprint density at radius 1 is 1.47 bits per heavy atom. The van der Waals surface area contributed by atoms with Gasteiger partial charge in [-0.15, -0.1) is 0 Å². The molecule has 7 heteroatoms. The number of ether oxygens (including phenoxy) is 1. The van der Waals surface area contributed by atoms with E-state index in [1.54, 1.807) is 12.1 Å². The van der Waals surface area contributed by atoms with Gasteiger partial charge in [0.05, 0.1) is 24.6 Å². The molecular weight excluding hydrogens is 270 g/mol. The Morgan fingerprint density at radius 3 is 2.74 bits per heavy atom. The van der Waals surface area contributed by atoms with E-state index in [0.717, 1.165) is 6.21 Å². The van der Waals surface area contributed by atoms with Gasteiger partial charge in [-0.2, -0.15) is 5.10 Å². The fraction of sp³-hybridized carbons (Fsp3) is 0.0833. The van der Waals surface area contributed by atoms with Gasteiger partial charge in [0.1, 0.15) is 5.15 Å². The second kappa shape index (κ2) is 5.53. The lowest BCUT2D eigenvalue weighted by Crippen LogP contribution is -2.06. The first kappa shape index (κ1) is 13.1. The number of rotatable bonds is 3. The smallest absolute Gasteiger partial charge is 0.359 e. The predicted octanol–water partition coefficient (Wildman–Crippen LogP) is 2.12. The number of carbonyl (C=O) groups excluding carboxylic acids is 1. The van der Waals surface area contributed by atoms with Crippen LogP contribution in [0.4, 0.5) is 0 Å². The van der Waals surface area contributed by atoms with Gasteiger partial charge in [-0.25, -0.2) is 9.48 Å². The van der Waals surface area contributed by atoms with Crippen molar-refractivity contribution in [3.8, 4) is 5.69 Å². The number of nitrogens with zero attached hydrogens (tertiary/aromatic N) is 3. The molecule has 0 radical (unpaired) electrons. The van der Waals surface area contributed by atoms with Crippen molar-refractivity contribution >= 4 is 23.8 Å². The van der Waals surface area contributed by atoms with E-state index in [1.807, 2.05) is 18.2 Å². The molecule has 0 aliphatic carbocycles. The Morgan fingerprint density at radius 2 is 2.16 bits per heavy atom. The second-order valence-corrected chi connectivity index (χ2v) is 3.89. The van der Waals surface area contributed by atoms with Gasteiger partial charge in [0.15, 0.2) is 5.69 Å². The highest BCUT2D eigenvalue weighted by molar-refractivity contribution is 6.33. The van der Waals surface area contributed by atoms with Gasteiger partial charge in [-0.05, 0) is 12.1 Å². The molecule has 2 aromatic rings. The van der Waals surface area contributed by atoms with Gasteiger partial charge in [0, 0.05) is 0 Å². The minimum atomic E-state index is -0.661. The van der Waals surface area contributed by atoms with Gasteiger partial charge in [-0.3, -0.25) is 0 Å². The van der Waals surface area contributed by atoms with Crippen molar-refractivity contribution in [1.29, 1.82) is 0 Å². The average molecular weight is 280 g/mol. The van der Waals surface area contributed by atoms with Crippen LogP contribution < -0.4 is 0 Å². The monoisotopic (exact) mass is 279 g/mol. The van der Waals surface area contributed by atoms with Crippen LogP contribution in [0.2, 0.25) is 5.15 Å². The van der Waals surface area contributed by atoms with Crippen molar-refractivity contribution in [2.45, 2.75) is 0 Å². The molecule has 0 saturated heterocycles. The van der Waals surface area contributed by atoms with Crippen LogP contribution in [0.3, 0.4) is 0 Å². The zero-order chi connectivity index (χ0) is 13.8. The summed E-state index contributed by atoms with van der Waals surface area (Å²) in [4.78, 5) is 11.6. The van der Waals surface area contributed by atoms with Crippen LogP contribution in [0.15, 0.2) is 35.5 Å². The van der Waals surface area contributed by atoms with E-state index in [9.17, 15) is 4.79 Å². The van der Waals surface area contributed by atoms with Gasteiger partial charge in [0.2, 0.25) is 0 Å². The summed E-state index contributed by atoms with van der Waals surface area (Å²) in [6, 6.07) is 9.02. The molecule has 1 aromatic heterocycles. The van der Waals surface area contributed by atoms with Gasteiger partial charge in [-0.1, -0.05) is 35.0 Å². The largest absolute Gasteiger partial charge is 0.464 e. The van der Waals surface area contributed by atoms with E-state index in [4.69, 9.17) is 16.8 Å². The summed E-state index contributed by atoms with van der Waals surface area (Å²) in [6.45, 7) is 0. The van der Waals surface area contributed by atoms with E-state index >= 15 is 0 Å². The third-order valence-corrected chi connectivity index (χ3v) is 2.79. The van der Waals surface area contributed by atoms with Crippen molar-refractivity contribution in [1.82, 2.24) is 9.78 Å². The first-order chi connectivity index (χ1) is 9.19. The molecule has 0 saturated carbocycles. The minimum Gasteiger partial charge on any atom is -0.464 e. The Bertz CT molecular complexity index is 623. The number of para-hydroxylation sites is 1. The number of halogens is 1. The highest BCUT2D eigenvalue weighted by atomic mass is 35.5. The van der Waals surface area contributed by atoms with Crippen molar-refractivity contribution < 1.29 is 14.7 Å². The lowest BCUT2D eigenvalue weighted by atomic mass is 10.2. The maximum atomic E-state index is 11.6. The van der Waals surface area contributed by atoms with Crippen molar-refractivity contribution in [3.05, 3.63) is 46.7 Å². The van der Waals surface area contributed by atoms with Gasteiger partial charge in [0.25, 0.3) is 0 Å². The summed E-state index contributed by atoms with van der Waals surface area (Å²) in [5.41, 5.74) is 0.851. The molecular formula is C12H10ClN3O3. The van der Waals surface area contributed by atoms with Crippen LogP contribution in [0.25, 0.3) is 5.69 Å². The molecule has 1 N–H and O–H groups in total. The highest BCUT2D eigenvalue weighted by Gasteiger charge is 2.22. The van der Waals surface area contributed by atoms with Crippen molar-refractivity contribution in [2.75, 3.05) is 7.11 Å². The van der Waals surface area contributed by atoms with E-state index in [1.165, 1.54) is 11.8 Å². The van der Waals surface area contributed by atoms with Crippen LogP contribution in [0, 0.1) is 0 Å². The maximum Gasteiger partial charge on any atom is 0.359 e. The summed E-state index contributed by atoms with van der Waals surface area (Å²) in [5.74, 6) is -0.661. The molecule has 0 aliphatic rings. The normalized spacial score (nSPS) is 10.8. The molecule has 1 heterocycles. The van der Waals surface area contributed by atoms with Crippen molar-refractivity contribution in [2.24, 2.45) is 5.16 Å². The Hall–Kier alpha value is -2.34. The number of methoxy groups -OCH3 is 1. The number of hydrogen-bond donors (Lipinski definition) is 1. The fourth-order valence-corrected chi connectivity index (χ4v) is 1.84. The van der Waals surface area contributed by atoms with Crippen LogP contribution in [0.5, 0.6) is 0 Å². The number of esters is 1. The first-order valence-corrected chi connectivity index (χ1v) is 5.66. The molecule has 6 nitrogen and oxygen atoms in total. The molecule has 2 rings (SSSR count). The topological polar surface area (TPSA) is 76.7 Å². The second-order valence-electron chi connectivity index (χ2n) is 3.54. The summed E-state index contributed by atoms with van der Waals surface area (Å²) in [7, 11) is 1.23. The third-order valence-electron chi connectivity index (χ3n) is 2.43. The average Bonchev–Trinajstić information content (AvgIpc) is 2.77. The van der Waals surface area contributed by atoms with Crippen LogP contribution in [0.1, 0.15) is 16.1 Å². The number of carbonyl (C=O) groups is 1. The van der Waals surface area contributed by atoms with E-state index in [0.29, 0.717) is 5.69 Å². The van der Waals surface area contributed by atoms with E-state index in [-0.39, 0.29) is 16.4 Å². The summed E-state index contributed by atoms with van der Waals surface area (Å²) in [5, 5.41) is 15.7. The van der Waals surface area contributed by atoms with Crippen LogP contribution in [-0.2, 0) is 4.74 Å². The summed E-state index contributed by atoms with van der Waals surface area (Å²) in [6.07, 6.45) is 1.04. The lowest BCUT2D eigenvalue weighted by molar-refractivity contribution is 0.0593. The molecule has 19 heavy (non-hydrogen) atoms. The standard InChI is InChI=1S/C12H10ClN3O3/c1-19-12(17)10-9(7-14-18)11(13)16(15-10)8-5-3-2-4-6-8/h2-7,18H,1H3/b14-7+. The van der Waals surface area contributed by atoms with Gasteiger partial charge < -0.3 is 9.94 Å². The lowest BCUT2D eigenvalue weighted by Gasteiger charge is -2.01. The zero-order valence-electron chi connectivity index (χ0n) is 9.95. The maximum absolute atomic E-state index is 11.6. The Kier molecular flexibility index (Phi) is 3.82. The Balaban J connectivity index is 2.62. The highest BCUT2D eigenvalue weighted by Crippen LogP contribution is 2.22. The van der Waals surface area contributed by atoms with E-state index < -0.39 is 5.97 Å². The molecule has 1 aromatic carbocycles. The molecule has 0 unspecified atom stereocenters. The number of hydrogen-bond acceptors (Lipinski definition) is 5. The number of benzene rings is 1. The third kappa shape index (κ3) is 2.43. The minimum absolute atomic E-state index is 0.0193. The molecule has 0 atom stereocenters. The molecule has 0 aliphatic heterocycles. The van der Waals surface area contributed by atoms with Crippen molar-refractivity contribution in [3.63, 3.8) is 0 Å². The van der Waals surface area contributed by atoms with Crippen LogP contribution >= 0.6 is 11.6 Å². The SMILES string of the molecule is COC(=O)c1nn(-c2ccccc2)c(Cl)c1/C=N/O.